The van der Waals surface area contributed by atoms with Crippen molar-refractivity contribution in [3.05, 3.63) is 0 Å². The zero-order chi connectivity index (χ0) is 10.1. The fraction of sp³-hybridized carbons (Fsp3) is 1.00. The largest absolute Gasteiger partial charge is 0.378 e. The highest BCUT2D eigenvalue weighted by molar-refractivity contribution is 4.85. The molecule has 1 saturated heterocycles. The molecule has 1 aliphatic heterocycles. The number of ether oxygens (including phenoxy) is 1. The van der Waals surface area contributed by atoms with Gasteiger partial charge in [0, 0.05) is 18.0 Å². The molecule has 1 fully saturated rings. The predicted octanol–water partition coefficient (Wildman–Crippen LogP) is 2.14. The first-order valence-corrected chi connectivity index (χ1v) is 5.25. The van der Waals surface area contributed by atoms with Crippen LogP contribution in [0.15, 0.2) is 0 Å². The van der Waals surface area contributed by atoms with Crippen molar-refractivity contribution in [2.24, 2.45) is 5.41 Å². The lowest BCUT2D eigenvalue weighted by atomic mass is 9.87. The molecule has 0 radical (unpaired) electrons. The van der Waals surface area contributed by atoms with Gasteiger partial charge in [-0.05, 0) is 34.2 Å². The molecule has 0 saturated carbocycles. The first-order chi connectivity index (χ1) is 5.93. The van der Waals surface area contributed by atoms with Crippen LogP contribution < -0.4 is 0 Å². The van der Waals surface area contributed by atoms with Gasteiger partial charge in [-0.1, -0.05) is 6.92 Å². The molecule has 1 rings (SSSR count). The molecular formula is C11H23NO. The molecule has 0 aromatic rings. The van der Waals surface area contributed by atoms with Gasteiger partial charge in [-0.15, -0.1) is 0 Å². The molecule has 2 nitrogen and oxygen atoms in total. The lowest BCUT2D eigenvalue weighted by Crippen LogP contribution is -2.37. The lowest BCUT2D eigenvalue weighted by molar-refractivity contribution is 0.0940. The second-order valence-electron chi connectivity index (χ2n) is 5.15. The van der Waals surface area contributed by atoms with Gasteiger partial charge in [0.1, 0.15) is 0 Å². The molecule has 78 valence electrons. The average Bonchev–Trinajstić information content (AvgIpc) is 2.30. The first-order valence-electron chi connectivity index (χ1n) is 5.25. The topological polar surface area (TPSA) is 12.5 Å². The quantitative estimate of drug-likeness (QED) is 0.668. The van der Waals surface area contributed by atoms with Gasteiger partial charge in [-0.2, -0.15) is 0 Å². The fourth-order valence-corrected chi connectivity index (χ4v) is 2.05. The van der Waals surface area contributed by atoms with Crippen LogP contribution in [0.3, 0.4) is 0 Å². The zero-order valence-electron chi connectivity index (χ0n) is 9.63. The van der Waals surface area contributed by atoms with Crippen molar-refractivity contribution in [3.8, 4) is 0 Å². The molecule has 1 heterocycles. The molecule has 2 atom stereocenters. The fourth-order valence-electron chi connectivity index (χ4n) is 2.05. The average molecular weight is 185 g/mol. The van der Waals surface area contributed by atoms with Crippen molar-refractivity contribution in [2.45, 2.75) is 46.3 Å². The molecule has 2 heteroatoms. The van der Waals surface area contributed by atoms with Gasteiger partial charge in [0.05, 0.1) is 12.7 Å². The van der Waals surface area contributed by atoms with E-state index in [1.165, 1.54) is 6.42 Å². The third-order valence-electron chi connectivity index (χ3n) is 3.01. The zero-order valence-corrected chi connectivity index (χ0v) is 9.63. The highest BCUT2D eigenvalue weighted by Gasteiger charge is 2.35. The summed E-state index contributed by atoms with van der Waals surface area (Å²) in [6.07, 6.45) is 1.65. The predicted molar refractivity (Wildman–Crippen MR) is 55.9 cm³/mol. The summed E-state index contributed by atoms with van der Waals surface area (Å²) >= 11 is 0. The van der Waals surface area contributed by atoms with E-state index in [1.54, 1.807) is 0 Å². The summed E-state index contributed by atoms with van der Waals surface area (Å²) in [5.74, 6) is 0. The van der Waals surface area contributed by atoms with Crippen LogP contribution in [0.2, 0.25) is 0 Å². The van der Waals surface area contributed by atoms with E-state index >= 15 is 0 Å². The third-order valence-corrected chi connectivity index (χ3v) is 3.01. The minimum atomic E-state index is 0.373. The molecule has 0 amide bonds. The lowest BCUT2D eigenvalue weighted by Gasteiger charge is -2.31. The summed E-state index contributed by atoms with van der Waals surface area (Å²) in [4.78, 5) is 2.40. The number of hydrogen-bond acceptors (Lipinski definition) is 2. The second kappa shape index (κ2) is 3.97. The van der Waals surface area contributed by atoms with Crippen molar-refractivity contribution in [1.29, 1.82) is 0 Å². The summed E-state index contributed by atoms with van der Waals surface area (Å²) in [5, 5.41) is 0. The molecular weight excluding hydrogens is 162 g/mol. The van der Waals surface area contributed by atoms with Crippen molar-refractivity contribution in [1.82, 2.24) is 4.90 Å². The molecule has 0 aromatic carbocycles. The van der Waals surface area contributed by atoms with Crippen molar-refractivity contribution >= 4 is 0 Å². The van der Waals surface area contributed by atoms with E-state index in [9.17, 15) is 0 Å². The van der Waals surface area contributed by atoms with Gasteiger partial charge >= 0.3 is 0 Å². The molecule has 1 aliphatic rings. The minimum absolute atomic E-state index is 0.373. The Balaban J connectivity index is 2.43. The van der Waals surface area contributed by atoms with E-state index in [0.29, 0.717) is 17.6 Å². The van der Waals surface area contributed by atoms with Crippen molar-refractivity contribution in [3.63, 3.8) is 0 Å². The Morgan fingerprint density at radius 1 is 1.54 bits per heavy atom. The smallest absolute Gasteiger partial charge is 0.0553 e. The van der Waals surface area contributed by atoms with Crippen LogP contribution >= 0.6 is 0 Å². The Kier molecular flexibility index (Phi) is 3.36. The molecule has 13 heavy (non-hydrogen) atoms. The van der Waals surface area contributed by atoms with Crippen LogP contribution in [0.1, 0.15) is 34.1 Å². The maximum absolute atomic E-state index is 5.62. The van der Waals surface area contributed by atoms with Crippen LogP contribution in [0, 0.1) is 5.41 Å². The van der Waals surface area contributed by atoms with Gasteiger partial charge < -0.3 is 9.64 Å². The van der Waals surface area contributed by atoms with Crippen LogP contribution in [-0.4, -0.2) is 37.2 Å². The van der Waals surface area contributed by atoms with Gasteiger partial charge in [-0.3, -0.25) is 0 Å². The van der Waals surface area contributed by atoms with Gasteiger partial charge in [0.15, 0.2) is 0 Å². The Hall–Kier alpha value is -0.0800. The molecule has 0 spiro atoms. The summed E-state index contributed by atoms with van der Waals surface area (Å²) in [5.41, 5.74) is 0.373. The summed E-state index contributed by atoms with van der Waals surface area (Å²) < 4.78 is 5.62. The van der Waals surface area contributed by atoms with Gasteiger partial charge in [-0.25, -0.2) is 0 Å². The van der Waals surface area contributed by atoms with Gasteiger partial charge in [0.2, 0.25) is 0 Å². The van der Waals surface area contributed by atoms with Crippen molar-refractivity contribution in [2.75, 3.05) is 20.2 Å². The highest BCUT2D eigenvalue weighted by Crippen LogP contribution is 2.32. The maximum atomic E-state index is 5.62. The van der Waals surface area contributed by atoms with E-state index in [4.69, 9.17) is 4.74 Å². The number of nitrogens with zero attached hydrogens (tertiary/aromatic N) is 1. The van der Waals surface area contributed by atoms with Crippen LogP contribution in [0.5, 0.6) is 0 Å². The molecule has 0 N–H and O–H groups in total. The van der Waals surface area contributed by atoms with Crippen LogP contribution in [-0.2, 0) is 4.74 Å². The number of hydrogen-bond donors (Lipinski definition) is 0. The van der Waals surface area contributed by atoms with Crippen molar-refractivity contribution < 1.29 is 4.74 Å². The normalized spacial score (nSPS) is 34.8. The first kappa shape index (κ1) is 11.0. The minimum Gasteiger partial charge on any atom is -0.378 e. The highest BCUT2D eigenvalue weighted by atomic mass is 16.5. The van der Waals surface area contributed by atoms with E-state index in [1.807, 2.05) is 0 Å². The molecule has 0 bridgehead atoms. The van der Waals surface area contributed by atoms with E-state index in [0.717, 1.165) is 13.2 Å². The summed E-state index contributed by atoms with van der Waals surface area (Å²) in [7, 11) is 2.19. The van der Waals surface area contributed by atoms with Gasteiger partial charge in [0.25, 0.3) is 0 Å². The summed E-state index contributed by atoms with van der Waals surface area (Å²) in [6, 6.07) is 0.632. The SMILES string of the molecule is CC1CC(C)(CN(C)C(C)C)CO1. The third kappa shape index (κ3) is 2.96. The number of rotatable bonds is 3. The van der Waals surface area contributed by atoms with E-state index in [-0.39, 0.29) is 0 Å². The standard InChI is InChI=1S/C11H23NO/c1-9(2)12(5)7-11(4)6-10(3)13-8-11/h9-10H,6-8H2,1-5H3. The van der Waals surface area contributed by atoms with Crippen LogP contribution in [0.4, 0.5) is 0 Å². The molecule has 2 unspecified atom stereocenters. The van der Waals surface area contributed by atoms with Crippen LogP contribution in [0.25, 0.3) is 0 Å². The Morgan fingerprint density at radius 2 is 2.15 bits per heavy atom. The van der Waals surface area contributed by atoms with E-state index in [2.05, 4.69) is 39.6 Å². The Bertz CT molecular complexity index is 169. The monoisotopic (exact) mass is 185 g/mol. The summed E-state index contributed by atoms with van der Waals surface area (Å²) in [6.45, 7) is 11.0. The molecule has 0 aromatic heterocycles. The Labute approximate surface area is 82.3 Å². The van der Waals surface area contributed by atoms with E-state index < -0.39 is 0 Å². The maximum Gasteiger partial charge on any atom is 0.0553 e. The molecule has 0 aliphatic carbocycles. The Morgan fingerprint density at radius 3 is 2.54 bits per heavy atom. The second-order valence-corrected chi connectivity index (χ2v) is 5.15.